The monoisotopic (exact) mass is 341 g/mol. The maximum absolute atomic E-state index is 13.4. The van der Waals surface area contributed by atoms with Gasteiger partial charge in [0.25, 0.3) is 0 Å². The van der Waals surface area contributed by atoms with Gasteiger partial charge in [0, 0.05) is 0 Å². The minimum absolute atomic E-state index is 0.00211. The first-order valence-electron chi connectivity index (χ1n) is 8.10. The zero-order chi connectivity index (χ0) is 17.8. The van der Waals surface area contributed by atoms with E-state index in [-0.39, 0.29) is 24.6 Å². The van der Waals surface area contributed by atoms with E-state index in [2.05, 4.69) is 10.3 Å². The summed E-state index contributed by atoms with van der Waals surface area (Å²) in [5.41, 5.74) is 2.34. The van der Waals surface area contributed by atoms with Crippen molar-refractivity contribution in [2.75, 3.05) is 0 Å². The van der Waals surface area contributed by atoms with Crippen LogP contribution in [-0.4, -0.2) is 20.1 Å². The second-order valence-electron chi connectivity index (χ2n) is 5.92. The van der Waals surface area contributed by atoms with Gasteiger partial charge in [-0.2, -0.15) is 0 Å². The number of aromatic nitrogens is 3. The summed E-state index contributed by atoms with van der Waals surface area (Å²) in [6.45, 7) is 3.83. The molecule has 2 unspecified atom stereocenters. The normalized spacial score (nSPS) is 13.4. The second-order valence-corrected chi connectivity index (χ2v) is 5.92. The molecule has 5 nitrogen and oxygen atoms in total. The summed E-state index contributed by atoms with van der Waals surface area (Å²) < 4.78 is 20.9. The lowest BCUT2D eigenvalue weighted by Gasteiger charge is -2.13. The fraction of sp³-hybridized carbons (Fsp3) is 0.263. The third-order valence-electron chi connectivity index (χ3n) is 4.09. The molecule has 0 saturated carbocycles. The first kappa shape index (κ1) is 17.1. The summed E-state index contributed by atoms with van der Waals surface area (Å²) in [6.07, 6.45) is 1.52. The Bertz CT molecular complexity index is 833. The molecular weight excluding hydrogens is 321 g/mol. The van der Waals surface area contributed by atoms with Gasteiger partial charge in [-0.25, -0.2) is 9.07 Å². The first-order chi connectivity index (χ1) is 12.1. The number of nitrogens with zero attached hydrogens (tertiary/aromatic N) is 3. The largest absolute Gasteiger partial charge is 0.484 e. The summed E-state index contributed by atoms with van der Waals surface area (Å²) in [6, 6.07) is 13.6. The highest BCUT2D eigenvalue weighted by Crippen LogP contribution is 2.23. The van der Waals surface area contributed by atoms with Gasteiger partial charge in [-0.3, -0.25) is 0 Å². The highest BCUT2D eigenvalue weighted by atomic mass is 19.1. The van der Waals surface area contributed by atoms with Crippen LogP contribution >= 0.6 is 0 Å². The lowest BCUT2D eigenvalue weighted by Crippen LogP contribution is -2.08. The molecule has 3 rings (SSSR count). The molecular formula is C19H20FN3O2. The molecule has 6 heteroatoms. The van der Waals surface area contributed by atoms with Gasteiger partial charge >= 0.3 is 0 Å². The maximum atomic E-state index is 13.4. The molecule has 3 aromatic rings. The third-order valence-corrected chi connectivity index (χ3v) is 4.09. The van der Waals surface area contributed by atoms with E-state index >= 15 is 0 Å². The molecule has 0 spiro atoms. The van der Waals surface area contributed by atoms with Crippen molar-refractivity contribution in [3.63, 3.8) is 0 Å². The molecule has 0 radical (unpaired) electrons. The van der Waals surface area contributed by atoms with Crippen LogP contribution in [0.1, 0.15) is 42.8 Å². The van der Waals surface area contributed by atoms with Gasteiger partial charge < -0.3 is 9.84 Å². The van der Waals surface area contributed by atoms with E-state index in [0.29, 0.717) is 11.4 Å². The minimum atomic E-state index is -0.284. The Morgan fingerprint density at radius 1 is 1.16 bits per heavy atom. The Morgan fingerprint density at radius 2 is 1.92 bits per heavy atom. The molecule has 0 amide bonds. The van der Waals surface area contributed by atoms with Crippen molar-refractivity contribution in [3.05, 3.63) is 77.4 Å². The minimum Gasteiger partial charge on any atom is -0.484 e. The standard InChI is InChI=1S/C19H20FN3O2/c1-13(16-4-3-5-17(20)10-16)23-11-19(21-22-23)14(2)25-18-8-6-15(12-24)7-9-18/h3-11,13-14,24H,12H2,1-2H3. The van der Waals surface area contributed by atoms with Gasteiger partial charge in [0.2, 0.25) is 0 Å². The lowest BCUT2D eigenvalue weighted by molar-refractivity contribution is 0.221. The van der Waals surface area contributed by atoms with Gasteiger partial charge in [-0.15, -0.1) is 5.10 Å². The number of hydrogen-bond donors (Lipinski definition) is 1. The second kappa shape index (κ2) is 7.44. The van der Waals surface area contributed by atoms with Crippen LogP contribution in [0.3, 0.4) is 0 Å². The van der Waals surface area contributed by atoms with E-state index in [1.54, 1.807) is 10.7 Å². The zero-order valence-electron chi connectivity index (χ0n) is 14.1. The molecule has 130 valence electrons. The summed E-state index contributed by atoms with van der Waals surface area (Å²) in [7, 11) is 0. The summed E-state index contributed by atoms with van der Waals surface area (Å²) in [5.74, 6) is 0.421. The maximum Gasteiger partial charge on any atom is 0.141 e. The molecule has 1 aromatic heterocycles. The van der Waals surface area contributed by atoms with Crippen LogP contribution in [-0.2, 0) is 6.61 Å². The van der Waals surface area contributed by atoms with Gasteiger partial charge in [-0.05, 0) is 49.2 Å². The van der Waals surface area contributed by atoms with Crippen molar-refractivity contribution < 1.29 is 14.2 Å². The Labute approximate surface area is 145 Å². The molecule has 0 aliphatic heterocycles. The van der Waals surface area contributed by atoms with E-state index in [0.717, 1.165) is 11.1 Å². The van der Waals surface area contributed by atoms with Crippen LogP contribution in [0.4, 0.5) is 4.39 Å². The van der Waals surface area contributed by atoms with E-state index in [1.165, 1.54) is 12.1 Å². The average Bonchev–Trinajstić information content (AvgIpc) is 3.12. The molecule has 0 aliphatic rings. The van der Waals surface area contributed by atoms with Crippen LogP contribution in [0.15, 0.2) is 54.7 Å². The fourth-order valence-electron chi connectivity index (χ4n) is 2.52. The molecule has 1 heterocycles. The summed E-state index contributed by atoms with van der Waals surface area (Å²) in [4.78, 5) is 0. The fourth-order valence-corrected chi connectivity index (χ4v) is 2.52. The molecule has 0 fully saturated rings. The Hall–Kier alpha value is -2.73. The average molecular weight is 341 g/mol. The molecule has 0 saturated heterocycles. The van der Waals surface area contributed by atoms with E-state index < -0.39 is 0 Å². The van der Waals surface area contributed by atoms with Gasteiger partial charge in [0.05, 0.1) is 18.8 Å². The van der Waals surface area contributed by atoms with Gasteiger partial charge in [-0.1, -0.05) is 29.5 Å². The first-order valence-corrected chi connectivity index (χ1v) is 8.10. The molecule has 0 aliphatic carbocycles. The lowest BCUT2D eigenvalue weighted by atomic mass is 10.1. The highest BCUT2D eigenvalue weighted by Gasteiger charge is 2.16. The van der Waals surface area contributed by atoms with Crippen LogP contribution in [0, 0.1) is 5.82 Å². The number of rotatable bonds is 6. The van der Waals surface area contributed by atoms with Gasteiger partial charge in [0.15, 0.2) is 0 Å². The number of benzene rings is 2. The number of halogens is 1. The number of aliphatic hydroxyl groups excluding tert-OH is 1. The molecule has 1 N–H and O–H groups in total. The number of aliphatic hydroxyl groups is 1. The quantitative estimate of drug-likeness (QED) is 0.743. The van der Waals surface area contributed by atoms with Crippen molar-refractivity contribution in [2.24, 2.45) is 0 Å². The molecule has 2 aromatic carbocycles. The number of ether oxygens (including phenoxy) is 1. The number of hydrogen-bond acceptors (Lipinski definition) is 4. The topological polar surface area (TPSA) is 60.2 Å². The van der Waals surface area contributed by atoms with E-state index in [4.69, 9.17) is 9.84 Å². The van der Waals surface area contributed by atoms with Crippen LogP contribution in [0.5, 0.6) is 5.75 Å². The summed E-state index contributed by atoms with van der Waals surface area (Å²) >= 11 is 0. The van der Waals surface area contributed by atoms with Crippen LogP contribution < -0.4 is 4.74 Å². The highest BCUT2D eigenvalue weighted by molar-refractivity contribution is 5.27. The van der Waals surface area contributed by atoms with Crippen molar-refractivity contribution in [2.45, 2.75) is 32.6 Å². The Kier molecular flexibility index (Phi) is 5.09. The molecule has 25 heavy (non-hydrogen) atoms. The predicted octanol–water partition coefficient (Wildman–Crippen LogP) is 3.66. The summed E-state index contributed by atoms with van der Waals surface area (Å²) in [5, 5.41) is 17.4. The molecule has 2 atom stereocenters. The van der Waals surface area contributed by atoms with E-state index in [1.807, 2.05) is 50.4 Å². The Morgan fingerprint density at radius 3 is 2.60 bits per heavy atom. The third kappa shape index (κ3) is 4.03. The molecule has 0 bridgehead atoms. The van der Waals surface area contributed by atoms with Crippen molar-refractivity contribution in [3.8, 4) is 5.75 Å². The van der Waals surface area contributed by atoms with Gasteiger partial charge in [0.1, 0.15) is 23.4 Å². The zero-order valence-corrected chi connectivity index (χ0v) is 14.1. The Balaban J connectivity index is 1.71. The SMILES string of the molecule is CC(Oc1ccc(CO)cc1)c1cn(C(C)c2cccc(F)c2)nn1. The van der Waals surface area contributed by atoms with Crippen molar-refractivity contribution in [1.29, 1.82) is 0 Å². The van der Waals surface area contributed by atoms with Crippen molar-refractivity contribution >= 4 is 0 Å². The van der Waals surface area contributed by atoms with E-state index in [9.17, 15) is 4.39 Å². The van der Waals surface area contributed by atoms with Crippen LogP contribution in [0.25, 0.3) is 0 Å². The smallest absolute Gasteiger partial charge is 0.141 e. The predicted molar refractivity (Wildman–Crippen MR) is 91.6 cm³/mol. The van der Waals surface area contributed by atoms with Crippen molar-refractivity contribution in [1.82, 2.24) is 15.0 Å². The van der Waals surface area contributed by atoms with Crippen LogP contribution in [0.2, 0.25) is 0 Å².